The van der Waals surface area contributed by atoms with Crippen LogP contribution in [0.25, 0.3) is 0 Å². The van der Waals surface area contributed by atoms with Gasteiger partial charge in [-0.05, 0) is 43.5 Å². The number of aryl methyl sites for hydroxylation is 1. The molecule has 0 saturated heterocycles. The van der Waals surface area contributed by atoms with Crippen LogP contribution in [-0.2, 0) is 6.54 Å². The predicted molar refractivity (Wildman–Crippen MR) is 96.3 cm³/mol. The van der Waals surface area contributed by atoms with Crippen molar-refractivity contribution in [1.82, 2.24) is 4.90 Å². The molecular weight excluding hydrogens is 268 g/mol. The van der Waals surface area contributed by atoms with Gasteiger partial charge in [0.05, 0.1) is 0 Å². The lowest BCUT2D eigenvalue weighted by molar-refractivity contribution is 0.203. The second kappa shape index (κ2) is 8.60. The van der Waals surface area contributed by atoms with Crippen LogP contribution >= 0.6 is 0 Å². The predicted octanol–water partition coefficient (Wildman–Crippen LogP) is 4.71. The Kier molecular flexibility index (Phi) is 6.47. The Balaban J connectivity index is 1.90. The van der Waals surface area contributed by atoms with Crippen LogP contribution in [0.5, 0.6) is 0 Å². The van der Waals surface area contributed by atoms with E-state index in [1.165, 1.54) is 23.2 Å². The summed E-state index contributed by atoms with van der Waals surface area (Å²) in [4.78, 5) is 2.55. The van der Waals surface area contributed by atoms with E-state index in [2.05, 4.69) is 85.6 Å². The Labute approximate surface area is 135 Å². The third-order valence-corrected chi connectivity index (χ3v) is 4.19. The molecule has 0 aliphatic carbocycles. The Morgan fingerprint density at radius 3 is 2.50 bits per heavy atom. The van der Waals surface area contributed by atoms with Crippen molar-refractivity contribution in [2.75, 3.05) is 18.4 Å². The fourth-order valence-electron chi connectivity index (χ4n) is 2.63. The molecule has 22 heavy (non-hydrogen) atoms. The SMILES string of the molecule is CCC(C)N(CCNc1cccc(C)c1)Cc1ccccc1. The number of nitrogens with one attached hydrogen (secondary N) is 1. The van der Waals surface area contributed by atoms with E-state index in [0.717, 1.165) is 19.6 Å². The van der Waals surface area contributed by atoms with Gasteiger partial charge in [-0.1, -0.05) is 49.4 Å². The first-order chi connectivity index (χ1) is 10.7. The van der Waals surface area contributed by atoms with E-state index in [1.54, 1.807) is 0 Å². The van der Waals surface area contributed by atoms with Crippen molar-refractivity contribution in [2.24, 2.45) is 0 Å². The van der Waals surface area contributed by atoms with Crippen LogP contribution in [-0.4, -0.2) is 24.0 Å². The van der Waals surface area contributed by atoms with Gasteiger partial charge >= 0.3 is 0 Å². The zero-order valence-electron chi connectivity index (χ0n) is 14.0. The molecule has 2 heteroatoms. The molecule has 1 N–H and O–H groups in total. The summed E-state index contributed by atoms with van der Waals surface area (Å²) in [6, 6.07) is 19.9. The number of hydrogen-bond donors (Lipinski definition) is 1. The molecule has 0 heterocycles. The van der Waals surface area contributed by atoms with E-state index < -0.39 is 0 Å². The van der Waals surface area contributed by atoms with Crippen LogP contribution in [0.15, 0.2) is 54.6 Å². The summed E-state index contributed by atoms with van der Waals surface area (Å²) in [6.07, 6.45) is 1.18. The van der Waals surface area contributed by atoms with E-state index in [9.17, 15) is 0 Å². The van der Waals surface area contributed by atoms with E-state index in [4.69, 9.17) is 0 Å². The largest absolute Gasteiger partial charge is 0.384 e. The highest BCUT2D eigenvalue weighted by Gasteiger charge is 2.12. The molecule has 118 valence electrons. The highest BCUT2D eigenvalue weighted by molar-refractivity contribution is 5.45. The van der Waals surface area contributed by atoms with Crippen LogP contribution in [0.1, 0.15) is 31.4 Å². The fraction of sp³-hybridized carbons (Fsp3) is 0.400. The maximum atomic E-state index is 3.54. The number of nitrogens with zero attached hydrogens (tertiary/aromatic N) is 1. The molecule has 1 atom stereocenters. The summed E-state index contributed by atoms with van der Waals surface area (Å²) in [5, 5.41) is 3.54. The van der Waals surface area contributed by atoms with E-state index in [-0.39, 0.29) is 0 Å². The fourth-order valence-corrected chi connectivity index (χ4v) is 2.63. The summed E-state index contributed by atoms with van der Waals surface area (Å²) in [5.41, 5.74) is 3.90. The van der Waals surface area contributed by atoms with Gasteiger partial charge in [0.1, 0.15) is 0 Å². The molecule has 0 bridgehead atoms. The molecule has 2 rings (SSSR count). The summed E-state index contributed by atoms with van der Waals surface area (Å²) in [6.45, 7) is 9.75. The second-order valence-corrected chi connectivity index (χ2v) is 6.01. The van der Waals surface area contributed by atoms with Crippen molar-refractivity contribution < 1.29 is 0 Å². The van der Waals surface area contributed by atoms with Gasteiger partial charge in [0.15, 0.2) is 0 Å². The first-order valence-corrected chi connectivity index (χ1v) is 8.27. The van der Waals surface area contributed by atoms with Crippen molar-refractivity contribution in [1.29, 1.82) is 0 Å². The number of benzene rings is 2. The monoisotopic (exact) mass is 296 g/mol. The van der Waals surface area contributed by atoms with Gasteiger partial charge in [-0.2, -0.15) is 0 Å². The average Bonchev–Trinajstić information content (AvgIpc) is 2.54. The Bertz CT molecular complexity index is 551. The van der Waals surface area contributed by atoms with E-state index in [1.807, 2.05) is 0 Å². The van der Waals surface area contributed by atoms with E-state index in [0.29, 0.717) is 6.04 Å². The van der Waals surface area contributed by atoms with Crippen molar-refractivity contribution in [3.63, 3.8) is 0 Å². The molecule has 0 aromatic heterocycles. The lowest BCUT2D eigenvalue weighted by Crippen LogP contribution is -2.35. The summed E-state index contributed by atoms with van der Waals surface area (Å²) in [5.74, 6) is 0. The van der Waals surface area contributed by atoms with E-state index >= 15 is 0 Å². The van der Waals surface area contributed by atoms with Gasteiger partial charge in [-0.15, -0.1) is 0 Å². The minimum absolute atomic E-state index is 0.597. The third kappa shape index (κ3) is 5.19. The van der Waals surface area contributed by atoms with Crippen LogP contribution in [0.2, 0.25) is 0 Å². The standard InChI is InChI=1S/C20H28N2/c1-4-18(3)22(16-19-10-6-5-7-11-19)14-13-21-20-12-8-9-17(2)15-20/h5-12,15,18,21H,4,13-14,16H2,1-3H3. The number of anilines is 1. The summed E-state index contributed by atoms with van der Waals surface area (Å²) >= 11 is 0. The molecule has 0 spiro atoms. The van der Waals surface area contributed by atoms with Crippen molar-refractivity contribution in [3.8, 4) is 0 Å². The molecule has 0 amide bonds. The Morgan fingerprint density at radius 1 is 1.05 bits per heavy atom. The zero-order valence-corrected chi connectivity index (χ0v) is 14.0. The highest BCUT2D eigenvalue weighted by Crippen LogP contribution is 2.12. The van der Waals surface area contributed by atoms with Gasteiger partial charge in [0, 0.05) is 31.4 Å². The molecule has 0 fully saturated rings. The second-order valence-electron chi connectivity index (χ2n) is 6.01. The molecule has 1 unspecified atom stereocenters. The first-order valence-electron chi connectivity index (χ1n) is 8.27. The lowest BCUT2D eigenvalue weighted by Gasteiger charge is -2.28. The lowest BCUT2D eigenvalue weighted by atomic mass is 10.1. The molecule has 0 aliphatic rings. The minimum Gasteiger partial charge on any atom is -0.384 e. The molecule has 0 radical (unpaired) electrons. The van der Waals surface area contributed by atoms with Crippen LogP contribution in [0.4, 0.5) is 5.69 Å². The minimum atomic E-state index is 0.597. The molecule has 0 aliphatic heterocycles. The molecule has 2 aromatic rings. The Morgan fingerprint density at radius 2 is 1.82 bits per heavy atom. The van der Waals surface area contributed by atoms with Gasteiger partial charge in [0.2, 0.25) is 0 Å². The van der Waals surface area contributed by atoms with Crippen LogP contribution in [0.3, 0.4) is 0 Å². The topological polar surface area (TPSA) is 15.3 Å². The Hall–Kier alpha value is -1.80. The maximum absolute atomic E-state index is 3.54. The molecular formula is C20H28N2. The number of rotatable bonds is 8. The normalized spacial score (nSPS) is 12.4. The van der Waals surface area contributed by atoms with Crippen molar-refractivity contribution >= 4 is 5.69 Å². The highest BCUT2D eigenvalue weighted by atomic mass is 15.2. The zero-order chi connectivity index (χ0) is 15.8. The smallest absolute Gasteiger partial charge is 0.0343 e. The van der Waals surface area contributed by atoms with Crippen LogP contribution < -0.4 is 5.32 Å². The van der Waals surface area contributed by atoms with Gasteiger partial charge in [-0.3, -0.25) is 4.90 Å². The maximum Gasteiger partial charge on any atom is 0.0343 e. The van der Waals surface area contributed by atoms with Gasteiger partial charge in [0.25, 0.3) is 0 Å². The summed E-state index contributed by atoms with van der Waals surface area (Å²) in [7, 11) is 0. The quantitative estimate of drug-likeness (QED) is 0.759. The average molecular weight is 296 g/mol. The molecule has 0 saturated carbocycles. The first kappa shape index (κ1) is 16.6. The van der Waals surface area contributed by atoms with Crippen molar-refractivity contribution in [3.05, 3.63) is 65.7 Å². The van der Waals surface area contributed by atoms with Gasteiger partial charge in [-0.25, -0.2) is 0 Å². The van der Waals surface area contributed by atoms with Crippen molar-refractivity contribution in [2.45, 2.75) is 39.8 Å². The summed E-state index contributed by atoms with van der Waals surface area (Å²) < 4.78 is 0. The molecule has 2 aromatic carbocycles. The third-order valence-electron chi connectivity index (χ3n) is 4.19. The van der Waals surface area contributed by atoms with Gasteiger partial charge < -0.3 is 5.32 Å². The van der Waals surface area contributed by atoms with Crippen LogP contribution in [0, 0.1) is 6.92 Å². The number of hydrogen-bond acceptors (Lipinski definition) is 2. The molecule has 2 nitrogen and oxygen atoms in total.